The first kappa shape index (κ1) is 12.5. The Bertz CT molecular complexity index is 191. The summed E-state index contributed by atoms with van der Waals surface area (Å²) in [5.41, 5.74) is 0. The smallest absolute Gasteiger partial charge is 0.222 e. The molecule has 0 aromatic rings. The van der Waals surface area contributed by atoms with E-state index in [1.165, 1.54) is 6.42 Å². The summed E-state index contributed by atoms with van der Waals surface area (Å²) < 4.78 is 5.51. The quantitative estimate of drug-likeness (QED) is 0.707. The second-order valence-corrected chi connectivity index (χ2v) is 4.19. The van der Waals surface area contributed by atoms with Gasteiger partial charge in [-0.2, -0.15) is 0 Å². The highest BCUT2D eigenvalue weighted by molar-refractivity contribution is 5.76. The molecule has 0 aromatic heterocycles. The number of hydrogen-bond acceptors (Lipinski definition) is 3. The van der Waals surface area contributed by atoms with Crippen molar-refractivity contribution in [2.24, 2.45) is 0 Å². The fraction of sp³-hybridized carbons (Fsp3) is 0.909. The van der Waals surface area contributed by atoms with Crippen LogP contribution < -0.4 is 10.6 Å². The highest BCUT2D eigenvalue weighted by Crippen LogP contribution is 2.15. The molecule has 1 rings (SSSR count). The molecular formula is C11H22N2O2. The minimum absolute atomic E-state index is 0.101. The minimum Gasteiger partial charge on any atom is -0.378 e. The highest BCUT2D eigenvalue weighted by Gasteiger charge is 2.17. The SMILES string of the molecule is CNC(C)CNC(=O)CC1CCCCO1. The number of likely N-dealkylation sites (N-methyl/N-ethyl adjacent to an activating group) is 1. The fourth-order valence-electron chi connectivity index (χ4n) is 1.62. The van der Waals surface area contributed by atoms with E-state index in [0.29, 0.717) is 19.0 Å². The van der Waals surface area contributed by atoms with Crippen molar-refractivity contribution in [3.8, 4) is 0 Å². The Kier molecular flexibility index (Phi) is 5.65. The number of carbonyl (C=O) groups is 1. The molecule has 1 aliphatic rings. The third-order valence-electron chi connectivity index (χ3n) is 2.79. The Hall–Kier alpha value is -0.610. The fourth-order valence-corrected chi connectivity index (χ4v) is 1.62. The summed E-state index contributed by atoms with van der Waals surface area (Å²) in [5.74, 6) is 0.101. The molecule has 0 aliphatic carbocycles. The lowest BCUT2D eigenvalue weighted by Gasteiger charge is -2.22. The van der Waals surface area contributed by atoms with Crippen molar-refractivity contribution in [3.63, 3.8) is 0 Å². The summed E-state index contributed by atoms with van der Waals surface area (Å²) in [6, 6.07) is 0.321. The highest BCUT2D eigenvalue weighted by atomic mass is 16.5. The predicted molar refractivity (Wildman–Crippen MR) is 59.7 cm³/mol. The Morgan fingerprint density at radius 1 is 1.53 bits per heavy atom. The van der Waals surface area contributed by atoms with E-state index in [1.54, 1.807) is 0 Å². The monoisotopic (exact) mass is 214 g/mol. The minimum atomic E-state index is 0.101. The van der Waals surface area contributed by atoms with E-state index in [4.69, 9.17) is 4.74 Å². The first-order valence-corrected chi connectivity index (χ1v) is 5.78. The third kappa shape index (κ3) is 5.14. The zero-order valence-corrected chi connectivity index (χ0v) is 9.71. The van der Waals surface area contributed by atoms with Crippen LogP contribution in [0.25, 0.3) is 0 Å². The number of carbonyl (C=O) groups excluding carboxylic acids is 1. The number of rotatable bonds is 5. The number of nitrogens with one attached hydrogen (secondary N) is 2. The third-order valence-corrected chi connectivity index (χ3v) is 2.79. The molecule has 0 bridgehead atoms. The van der Waals surface area contributed by atoms with Crippen LogP contribution in [0.15, 0.2) is 0 Å². The van der Waals surface area contributed by atoms with Crippen molar-refractivity contribution >= 4 is 5.91 Å². The summed E-state index contributed by atoms with van der Waals surface area (Å²) in [6.07, 6.45) is 3.99. The molecule has 0 spiro atoms. The average molecular weight is 214 g/mol. The average Bonchev–Trinajstić information content (AvgIpc) is 2.27. The largest absolute Gasteiger partial charge is 0.378 e. The summed E-state index contributed by atoms with van der Waals surface area (Å²) in [7, 11) is 1.89. The van der Waals surface area contributed by atoms with Crippen molar-refractivity contribution in [1.29, 1.82) is 0 Å². The molecule has 0 saturated carbocycles. The second kappa shape index (κ2) is 6.80. The molecular weight excluding hydrogens is 192 g/mol. The molecule has 1 amide bonds. The first-order valence-electron chi connectivity index (χ1n) is 5.78. The Morgan fingerprint density at radius 2 is 2.33 bits per heavy atom. The molecule has 1 heterocycles. The van der Waals surface area contributed by atoms with Crippen LogP contribution in [0.1, 0.15) is 32.6 Å². The van der Waals surface area contributed by atoms with E-state index in [9.17, 15) is 4.79 Å². The molecule has 1 saturated heterocycles. The normalized spacial score (nSPS) is 23.5. The predicted octanol–water partition coefficient (Wildman–Crippen LogP) is 0.670. The standard InChI is InChI=1S/C11H22N2O2/c1-9(12-2)8-13-11(14)7-10-5-3-4-6-15-10/h9-10,12H,3-8H2,1-2H3,(H,13,14). The van der Waals surface area contributed by atoms with Gasteiger partial charge in [0.05, 0.1) is 12.5 Å². The van der Waals surface area contributed by atoms with Crippen molar-refractivity contribution < 1.29 is 9.53 Å². The number of amides is 1. The second-order valence-electron chi connectivity index (χ2n) is 4.19. The zero-order valence-electron chi connectivity index (χ0n) is 9.71. The van der Waals surface area contributed by atoms with Gasteiger partial charge in [0.25, 0.3) is 0 Å². The maximum atomic E-state index is 11.5. The van der Waals surface area contributed by atoms with E-state index < -0.39 is 0 Å². The topological polar surface area (TPSA) is 50.4 Å². The van der Waals surface area contributed by atoms with Crippen molar-refractivity contribution in [3.05, 3.63) is 0 Å². The molecule has 2 atom stereocenters. The molecule has 0 radical (unpaired) electrons. The van der Waals surface area contributed by atoms with Crippen molar-refractivity contribution in [2.75, 3.05) is 20.2 Å². The van der Waals surface area contributed by atoms with Gasteiger partial charge in [0, 0.05) is 19.2 Å². The van der Waals surface area contributed by atoms with E-state index >= 15 is 0 Å². The Morgan fingerprint density at radius 3 is 2.93 bits per heavy atom. The van der Waals surface area contributed by atoms with Crippen LogP contribution in [0.3, 0.4) is 0 Å². The van der Waals surface area contributed by atoms with Gasteiger partial charge in [-0.05, 0) is 33.2 Å². The van der Waals surface area contributed by atoms with E-state index in [2.05, 4.69) is 10.6 Å². The maximum Gasteiger partial charge on any atom is 0.222 e. The van der Waals surface area contributed by atoms with Gasteiger partial charge in [-0.1, -0.05) is 0 Å². The molecule has 0 aromatic carbocycles. The summed E-state index contributed by atoms with van der Waals surface area (Å²) in [6.45, 7) is 3.53. The van der Waals surface area contributed by atoms with Gasteiger partial charge in [0.2, 0.25) is 5.91 Å². The maximum absolute atomic E-state index is 11.5. The molecule has 88 valence electrons. The van der Waals surface area contributed by atoms with Crippen molar-refractivity contribution in [2.45, 2.75) is 44.8 Å². The van der Waals surface area contributed by atoms with Gasteiger partial charge in [-0.15, -0.1) is 0 Å². The van der Waals surface area contributed by atoms with Gasteiger partial charge in [-0.25, -0.2) is 0 Å². The molecule has 15 heavy (non-hydrogen) atoms. The van der Waals surface area contributed by atoms with Gasteiger partial charge in [-0.3, -0.25) is 4.79 Å². The Labute approximate surface area is 91.8 Å². The van der Waals surface area contributed by atoms with Gasteiger partial charge < -0.3 is 15.4 Å². The van der Waals surface area contributed by atoms with E-state index in [0.717, 1.165) is 19.4 Å². The molecule has 4 nitrogen and oxygen atoms in total. The van der Waals surface area contributed by atoms with Crippen LogP contribution in [0.2, 0.25) is 0 Å². The first-order chi connectivity index (χ1) is 7.22. The summed E-state index contributed by atoms with van der Waals surface area (Å²) in [4.78, 5) is 11.5. The van der Waals surface area contributed by atoms with Crippen LogP contribution in [0.5, 0.6) is 0 Å². The van der Waals surface area contributed by atoms with Crippen molar-refractivity contribution in [1.82, 2.24) is 10.6 Å². The molecule has 2 unspecified atom stereocenters. The lowest BCUT2D eigenvalue weighted by Crippen LogP contribution is -2.38. The summed E-state index contributed by atoms with van der Waals surface area (Å²) in [5, 5.41) is 5.98. The zero-order chi connectivity index (χ0) is 11.1. The van der Waals surface area contributed by atoms with Crippen LogP contribution in [-0.4, -0.2) is 38.3 Å². The van der Waals surface area contributed by atoms with Crippen LogP contribution in [0, 0.1) is 0 Å². The number of hydrogen-bond donors (Lipinski definition) is 2. The lowest BCUT2D eigenvalue weighted by molar-refractivity contribution is -0.124. The number of ether oxygens (including phenoxy) is 1. The lowest BCUT2D eigenvalue weighted by atomic mass is 10.1. The van der Waals surface area contributed by atoms with E-state index in [1.807, 2.05) is 14.0 Å². The van der Waals surface area contributed by atoms with Crippen LogP contribution >= 0.6 is 0 Å². The summed E-state index contributed by atoms with van der Waals surface area (Å²) >= 11 is 0. The Balaban J connectivity index is 2.11. The van der Waals surface area contributed by atoms with Gasteiger partial charge in [0.1, 0.15) is 0 Å². The molecule has 1 aliphatic heterocycles. The van der Waals surface area contributed by atoms with E-state index in [-0.39, 0.29) is 12.0 Å². The van der Waals surface area contributed by atoms with Crippen LogP contribution in [0.4, 0.5) is 0 Å². The van der Waals surface area contributed by atoms with Gasteiger partial charge in [0.15, 0.2) is 0 Å². The van der Waals surface area contributed by atoms with Crippen LogP contribution in [-0.2, 0) is 9.53 Å². The molecule has 1 fully saturated rings. The van der Waals surface area contributed by atoms with Gasteiger partial charge >= 0.3 is 0 Å². The molecule has 4 heteroatoms. The molecule has 2 N–H and O–H groups in total.